The van der Waals surface area contributed by atoms with E-state index in [9.17, 15) is 4.79 Å². The largest absolute Gasteiger partial charge is 0.473 e. The van der Waals surface area contributed by atoms with Crippen LogP contribution >= 0.6 is 0 Å². The highest BCUT2D eigenvalue weighted by Crippen LogP contribution is 2.27. The Morgan fingerprint density at radius 2 is 2.00 bits per heavy atom. The molecule has 128 valence electrons. The van der Waals surface area contributed by atoms with Crippen LogP contribution in [-0.4, -0.2) is 22.7 Å². The lowest BCUT2D eigenvalue weighted by Crippen LogP contribution is -2.20. The highest BCUT2D eigenvalue weighted by molar-refractivity contribution is 5.92. The van der Waals surface area contributed by atoms with Crippen molar-refractivity contribution in [3.05, 3.63) is 47.7 Å². The molecule has 2 aromatic rings. The van der Waals surface area contributed by atoms with Gasteiger partial charge in [0.25, 0.3) is 5.91 Å². The molecule has 0 saturated heterocycles. The topological polar surface area (TPSA) is 56.1 Å². The molecular weight excluding hydrogens is 302 g/mol. The minimum Gasteiger partial charge on any atom is -0.473 e. The summed E-state index contributed by atoms with van der Waals surface area (Å²) in [5.41, 5.74) is 1.51. The lowest BCUT2D eigenvalue weighted by Gasteiger charge is -2.22. The first-order valence-electron chi connectivity index (χ1n) is 8.73. The molecule has 1 saturated carbocycles. The van der Waals surface area contributed by atoms with E-state index in [-0.39, 0.29) is 5.91 Å². The van der Waals surface area contributed by atoms with Crippen molar-refractivity contribution < 1.29 is 9.53 Å². The van der Waals surface area contributed by atoms with E-state index in [2.05, 4.69) is 10.4 Å². The smallest absolute Gasteiger partial charge is 0.271 e. The fourth-order valence-electron chi connectivity index (χ4n) is 3.23. The third kappa shape index (κ3) is 4.16. The molecule has 1 aliphatic carbocycles. The Balaban J connectivity index is 1.74. The lowest BCUT2D eigenvalue weighted by atomic mass is 9.89. The van der Waals surface area contributed by atoms with Crippen molar-refractivity contribution in [2.45, 2.75) is 45.3 Å². The molecule has 1 N–H and O–H groups in total. The van der Waals surface area contributed by atoms with E-state index in [4.69, 9.17) is 4.74 Å². The Morgan fingerprint density at radius 3 is 2.71 bits per heavy atom. The highest BCUT2D eigenvalue weighted by atomic mass is 16.5. The number of nitrogens with zero attached hydrogens (tertiary/aromatic N) is 2. The van der Waals surface area contributed by atoms with Gasteiger partial charge in [-0.05, 0) is 24.3 Å². The molecule has 0 aliphatic heterocycles. The van der Waals surface area contributed by atoms with E-state index < -0.39 is 0 Å². The van der Waals surface area contributed by atoms with Crippen LogP contribution in [0.1, 0.15) is 48.2 Å². The predicted octanol–water partition coefficient (Wildman–Crippen LogP) is 3.40. The van der Waals surface area contributed by atoms with Crippen LogP contribution in [-0.2, 0) is 13.2 Å². The number of carbonyl (C=O) groups excluding carboxylic acids is 1. The summed E-state index contributed by atoms with van der Waals surface area (Å²) in [5.74, 6) is 1.11. The number of benzene rings is 1. The fourth-order valence-corrected chi connectivity index (χ4v) is 3.23. The number of aromatic nitrogens is 2. The third-order valence-corrected chi connectivity index (χ3v) is 4.59. The second-order valence-corrected chi connectivity index (χ2v) is 6.41. The molecule has 0 unspecified atom stereocenters. The van der Waals surface area contributed by atoms with Gasteiger partial charge in [-0.2, -0.15) is 5.10 Å². The van der Waals surface area contributed by atoms with E-state index in [1.807, 2.05) is 35.0 Å². The number of hydrogen-bond acceptors (Lipinski definition) is 3. The lowest BCUT2D eigenvalue weighted by molar-refractivity contribution is 0.0957. The molecule has 1 amide bonds. The molecule has 5 heteroatoms. The SMILES string of the molecule is CNC(=O)c1cc(OCc2ccccc2)n(CC2CCCCC2)n1. The molecular formula is C19H25N3O2. The number of hydrogen-bond donors (Lipinski definition) is 1. The molecule has 1 aliphatic rings. The van der Waals surface area contributed by atoms with Gasteiger partial charge in [0.05, 0.1) is 0 Å². The van der Waals surface area contributed by atoms with E-state index >= 15 is 0 Å². The van der Waals surface area contributed by atoms with Crippen LogP contribution in [0, 0.1) is 5.92 Å². The second-order valence-electron chi connectivity index (χ2n) is 6.41. The van der Waals surface area contributed by atoms with Gasteiger partial charge >= 0.3 is 0 Å². The number of nitrogens with one attached hydrogen (secondary N) is 1. The molecule has 0 atom stereocenters. The summed E-state index contributed by atoms with van der Waals surface area (Å²) in [6.07, 6.45) is 6.36. The fraction of sp³-hybridized carbons (Fsp3) is 0.474. The van der Waals surface area contributed by atoms with Crippen LogP contribution in [0.3, 0.4) is 0 Å². The summed E-state index contributed by atoms with van der Waals surface area (Å²) < 4.78 is 7.83. The molecule has 5 nitrogen and oxygen atoms in total. The van der Waals surface area contributed by atoms with Crippen LogP contribution in [0.5, 0.6) is 5.88 Å². The first-order chi connectivity index (χ1) is 11.8. The average molecular weight is 327 g/mol. The number of amides is 1. The molecule has 1 aromatic heterocycles. The van der Waals surface area contributed by atoms with Gasteiger partial charge in [-0.15, -0.1) is 0 Å². The zero-order chi connectivity index (χ0) is 16.8. The van der Waals surface area contributed by atoms with Gasteiger partial charge in [-0.25, -0.2) is 4.68 Å². The Labute approximate surface area is 143 Å². The van der Waals surface area contributed by atoms with E-state index in [1.165, 1.54) is 32.1 Å². The van der Waals surface area contributed by atoms with Crippen molar-refractivity contribution in [1.29, 1.82) is 0 Å². The van der Waals surface area contributed by atoms with Gasteiger partial charge in [-0.1, -0.05) is 49.6 Å². The number of carbonyl (C=O) groups is 1. The van der Waals surface area contributed by atoms with Gasteiger partial charge < -0.3 is 10.1 Å². The molecule has 1 aromatic carbocycles. The summed E-state index contributed by atoms with van der Waals surface area (Å²) in [6.45, 7) is 1.30. The van der Waals surface area contributed by atoms with Crippen molar-refractivity contribution in [2.24, 2.45) is 5.92 Å². The quantitative estimate of drug-likeness (QED) is 0.884. The van der Waals surface area contributed by atoms with Crippen molar-refractivity contribution >= 4 is 5.91 Å². The van der Waals surface area contributed by atoms with Crippen LogP contribution in [0.2, 0.25) is 0 Å². The maximum absolute atomic E-state index is 11.9. The molecule has 0 spiro atoms. The zero-order valence-electron chi connectivity index (χ0n) is 14.2. The molecule has 1 fully saturated rings. The third-order valence-electron chi connectivity index (χ3n) is 4.59. The molecule has 1 heterocycles. The Morgan fingerprint density at radius 1 is 1.25 bits per heavy atom. The van der Waals surface area contributed by atoms with E-state index in [0.717, 1.165) is 12.1 Å². The zero-order valence-corrected chi connectivity index (χ0v) is 14.2. The standard InChI is InChI=1S/C19H25N3O2/c1-20-19(23)17-12-18(24-14-16-10-6-3-7-11-16)22(21-17)13-15-8-4-2-5-9-15/h3,6-7,10-12,15H,2,4-5,8-9,13-14H2,1H3,(H,20,23). The van der Waals surface area contributed by atoms with Crippen molar-refractivity contribution in [3.63, 3.8) is 0 Å². The Kier molecular flexibility index (Phi) is 5.51. The van der Waals surface area contributed by atoms with Crippen molar-refractivity contribution in [2.75, 3.05) is 7.05 Å². The Hall–Kier alpha value is -2.30. The second kappa shape index (κ2) is 7.99. The van der Waals surface area contributed by atoms with Crippen LogP contribution in [0.25, 0.3) is 0 Å². The Bertz CT molecular complexity index is 661. The predicted molar refractivity (Wildman–Crippen MR) is 93.0 cm³/mol. The van der Waals surface area contributed by atoms with Gasteiger partial charge in [0, 0.05) is 19.7 Å². The first-order valence-corrected chi connectivity index (χ1v) is 8.73. The van der Waals surface area contributed by atoms with Gasteiger partial charge in [0.2, 0.25) is 5.88 Å². The van der Waals surface area contributed by atoms with Gasteiger partial charge in [-0.3, -0.25) is 4.79 Å². The highest BCUT2D eigenvalue weighted by Gasteiger charge is 2.19. The minimum absolute atomic E-state index is 0.179. The van der Waals surface area contributed by atoms with Crippen molar-refractivity contribution in [1.82, 2.24) is 15.1 Å². The van der Waals surface area contributed by atoms with Crippen LogP contribution < -0.4 is 10.1 Å². The van der Waals surface area contributed by atoms with Gasteiger partial charge in [0.1, 0.15) is 6.61 Å². The monoisotopic (exact) mass is 327 g/mol. The summed E-state index contributed by atoms with van der Waals surface area (Å²) in [6, 6.07) is 11.8. The van der Waals surface area contributed by atoms with Crippen LogP contribution in [0.15, 0.2) is 36.4 Å². The molecule has 24 heavy (non-hydrogen) atoms. The van der Waals surface area contributed by atoms with E-state index in [0.29, 0.717) is 24.1 Å². The number of rotatable bonds is 6. The molecule has 0 radical (unpaired) electrons. The van der Waals surface area contributed by atoms with E-state index in [1.54, 1.807) is 13.1 Å². The minimum atomic E-state index is -0.179. The van der Waals surface area contributed by atoms with Crippen molar-refractivity contribution in [3.8, 4) is 5.88 Å². The normalized spacial score (nSPS) is 15.2. The summed E-state index contributed by atoms with van der Waals surface area (Å²) in [5, 5.41) is 7.10. The maximum atomic E-state index is 11.9. The van der Waals surface area contributed by atoms with Crippen LogP contribution in [0.4, 0.5) is 0 Å². The summed E-state index contributed by atoms with van der Waals surface area (Å²) in [4.78, 5) is 11.9. The average Bonchev–Trinajstić information content (AvgIpc) is 3.04. The molecule has 3 rings (SSSR count). The number of ether oxygens (including phenoxy) is 1. The maximum Gasteiger partial charge on any atom is 0.271 e. The first kappa shape index (κ1) is 16.6. The van der Waals surface area contributed by atoms with Gasteiger partial charge in [0.15, 0.2) is 5.69 Å². The summed E-state index contributed by atoms with van der Waals surface area (Å²) >= 11 is 0. The summed E-state index contributed by atoms with van der Waals surface area (Å²) in [7, 11) is 1.62. The molecule has 0 bridgehead atoms.